The Morgan fingerprint density at radius 3 is 2.37 bits per heavy atom. The van der Waals surface area contributed by atoms with Crippen LogP contribution in [0.25, 0.3) is 0 Å². The van der Waals surface area contributed by atoms with Gasteiger partial charge in [-0.15, -0.1) is 0 Å². The molecule has 2 unspecified atom stereocenters. The molecule has 27 heavy (non-hydrogen) atoms. The van der Waals surface area contributed by atoms with Crippen LogP contribution in [0.3, 0.4) is 0 Å². The van der Waals surface area contributed by atoms with Crippen LogP contribution in [0.15, 0.2) is 48.5 Å². The van der Waals surface area contributed by atoms with E-state index in [2.05, 4.69) is 10.0 Å². The van der Waals surface area contributed by atoms with E-state index in [1.165, 1.54) is 12.1 Å². The molecule has 0 saturated heterocycles. The molecule has 2 aromatic carbocycles. The molecule has 0 aliphatic heterocycles. The first-order valence-corrected chi connectivity index (χ1v) is 10.3. The summed E-state index contributed by atoms with van der Waals surface area (Å²) in [7, 11) is 0.582. The molecule has 0 spiro atoms. The van der Waals surface area contributed by atoms with E-state index in [0.29, 0.717) is 25.4 Å². The van der Waals surface area contributed by atoms with E-state index in [1.807, 2.05) is 31.2 Å². The maximum Gasteiger partial charge on any atom is 0.134 e. The smallest absolute Gasteiger partial charge is 0.134 e. The number of ether oxygens (including phenoxy) is 2. The second-order valence-electron chi connectivity index (χ2n) is 6.32. The lowest BCUT2D eigenvalue weighted by molar-refractivity contribution is 0.0804. The van der Waals surface area contributed by atoms with E-state index in [0.717, 1.165) is 11.1 Å². The van der Waals surface area contributed by atoms with Gasteiger partial charge in [-0.2, -0.15) is 0 Å². The molecule has 0 bridgehead atoms. The minimum absolute atomic E-state index is 0.0352. The van der Waals surface area contributed by atoms with Crippen molar-refractivity contribution in [2.75, 3.05) is 26.5 Å². The van der Waals surface area contributed by atoms with E-state index < -0.39 is 11.0 Å². The van der Waals surface area contributed by atoms with Crippen LogP contribution < -0.4 is 14.8 Å². The quantitative estimate of drug-likeness (QED) is 0.615. The fraction of sp³-hybridized carbons (Fsp3) is 0.400. The molecule has 0 heterocycles. The summed E-state index contributed by atoms with van der Waals surface area (Å²) >= 11 is 0. The third-order valence-corrected chi connectivity index (χ3v) is 4.68. The maximum atomic E-state index is 13.0. The first-order valence-electron chi connectivity index (χ1n) is 8.78. The zero-order chi connectivity index (χ0) is 19.6. The summed E-state index contributed by atoms with van der Waals surface area (Å²) in [5.74, 6) is 0.321. The highest BCUT2D eigenvalue weighted by molar-refractivity contribution is 7.82. The van der Waals surface area contributed by atoms with E-state index in [4.69, 9.17) is 9.47 Å². The zero-order valence-electron chi connectivity index (χ0n) is 15.9. The number of halogens is 1. The Hall–Kier alpha value is -1.80. The monoisotopic (exact) mass is 394 g/mol. The predicted molar refractivity (Wildman–Crippen MR) is 106 cm³/mol. The minimum Gasteiger partial charge on any atom is -0.487 e. The van der Waals surface area contributed by atoms with Crippen LogP contribution in [0.5, 0.6) is 5.75 Å². The number of rotatable bonds is 11. The summed E-state index contributed by atoms with van der Waals surface area (Å²) in [6.45, 7) is 3.70. The van der Waals surface area contributed by atoms with Gasteiger partial charge in [0, 0.05) is 32.5 Å². The molecule has 0 amide bonds. The van der Waals surface area contributed by atoms with Crippen molar-refractivity contribution in [1.29, 1.82) is 0 Å². The highest BCUT2D eigenvalue weighted by Gasteiger charge is 2.11. The van der Waals surface area contributed by atoms with Gasteiger partial charge in [-0.3, -0.25) is 0 Å². The van der Waals surface area contributed by atoms with Gasteiger partial charge in [0.2, 0.25) is 0 Å². The fourth-order valence-electron chi connectivity index (χ4n) is 2.64. The normalized spacial score (nSPS) is 14.5. The van der Waals surface area contributed by atoms with Gasteiger partial charge < -0.3 is 14.8 Å². The number of hydrogen-bond acceptors (Lipinski definition) is 4. The second-order valence-corrected chi connectivity index (χ2v) is 7.46. The summed E-state index contributed by atoms with van der Waals surface area (Å²) in [5, 5.41) is 3.36. The molecule has 0 saturated carbocycles. The minimum atomic E-state index is -1.04. The van der Waals surface area contributed by atoms with Crippen LogP contribution in [-0.4, -0.2) is 36.8 Å². The zero-order valence-corrected chi connectivity index (χ0v) is 16.7. The van der Waals surface area contributed by atoms with Crippen molar-refractivity contribution in [3.8, 4) is 5.75 Å². The van der Waals surface area contributed by atoms with Crippen molar-refractivity contribution in [3.63, 3.8) is 0 Å². The van der Waals surface area contributed by atoms with Crippen LogP contribution in [-0.2, 0) is 22.3 Å². The topological polar surface area (TPSA) is 59.6 Å². The van der Waals surface area contributed by atoms with Gasteiger partial charge in [0.1, 0.15) is 17.7 Å². The summed E-state index contributed by atoms with van der Waals surface area (Å²) in [6, 6.07) is 14.1. The first kappa shape index (κ1) is 21.5. The molecule has 0 aliphatic rings. The van der Waals surface area contributed by atoms with Crippen LogP contribution in [0.1, 0.15) is 24.1 Å². The molecular formula is C20H27FN2O3S. The standard InChI is InChI=1S/C20H27FN2O3S/c1-15(23-27(3)24)17-6-4-16(5-7-17)12-22-13-20(14-25-2)26-19-10-8-18(21)9-11-19/h4-11,15,20,22-23H,12-14H2,1-3H3/t15-,20?,27?/m1/s1. The van der Waals surface area contributed by atoms with Crippen LogP contribution in [0.2, 0.25) is 0 Å². The lowest BCUT2D eigenvalue weighted by atomic mass is 10.1. The van der Waals surface area contributed by atoms with Crippen molar-refractivity contribution in [2.24, 2.45) is 0 Å². The van der Waals surface area contributed by atoms with Gasteiger partial charge in [-0.1, -0.05) is 24.3 Å². The average molecular weight is 395 g/mol. The van der Waals surface area contributed by atoms with Crippen LogP contribution in [0.4, 0.5) is 4.39 Å². The predicted octanol–water partition coefficient (Wildman–Crippen LogP) is 2.95. The molecule has 2 N–H and O–H groups in total. The van der Waals surface area contributed by atoms with Gasteiger partial charge in [0.25, 0.3) is 0 Å². The Morgan fingerprint density at radius 2 is 1.78 bits per heavy atom. The third-order valence-electron chi connectivity index (χ3n) is 3.99. The van der Waals surface area contributed by atoms with Gasteiger partial charge in [-0.05, 0) is 42.3 Å². The van der Waals surface area contributed by atoms with E-state index in [1.54, 1.807) is 25.5 Å². The van der Waals surface area contributed by atoms with E-state index >= 15 is 0 Å². The fourth-order valence-corrected chi connectivity index (χ4v) is 3.28. The average Bonchev–Trinajstić information content (AvgIpc) is 2.63. The first-order chi connectivity index (χ1) is 13.0. The van der Waals surface area contributed by atoms with Crippen molar-refractivity contribution in [3.05, 3.63) is 65.5 Å². The Morgan fingerprint density at radius 1 is 1.11 bits per heavy atom. The molecule has 2 aromatic rings. The Bertz CT molecular complexity index is 710. The Labute approximate surface area is 162 Å². The molecule has 7 heteroatoms. The lowest BCUT2D eigenvalue weighted by Crippen LogP contribution is -2.34. The molecule has 0 aromatic heterocycles. The highest BCUT2D eigenvalue weighted by Crippen LogP contribution is 2.15. The largest absolute Gasteiger partial charge is 0.487 e. The van der Waals surface area contributed by atoms with Crippen molar-refractivity contribution in [1.82, 2.24) is 10.0 Å². The number of benzene rings is 2. The number of nitrogens with one attached hydrogen (secondary N) is 2. The van der Waals surface area contributed by atoms with Gasteiger partial charge in [0.05, 0.1) is 17.6 Å². The lowest BCUT2D eigenvalue weighted by Gasteiger charge is -2.19. The SMILES string of the molecule is COCC(CNCc1ccc([C@@H](C)NS(C)=O)cc1)Oc1ccc(F)cc1. The number of hydrogen-bond donors (Lipinski definition) is 2. The molecule has 3 atom stereocenters. The van der Waals surface area contributed by atoms with E-state index in [-0.39, 0.29) is 18.0 Å². The second kappa shape index (κ2) is 11.1. The van der Waals surface area contributed by atoms with E-state index in [9.17, 15) is 8.60 Å². The Balaban J connectivity index is 1.83. The maximum absolute atomic E-state index is 13.0. The summed E-state index contributed by atoms with van der Waals surface area (Å²) in [6.07, 6.45) is 1.45. The highest BCUT2D eigenvalue weighted by atomic mass is 32.2. The molecule has 2 rings (SSSR count). The molecule has 0 fully saturated rings. The van der Waals surface area contributed by atoms with Crippen molar-refractivity contribution in [2.45, 2.75) is 25.6 Å². The molecule has 5 nitrogen and oxygen atoms in total. The summed E-state index contributed by atoms with van der Waals surface area (Å²) < 4.78 is 38.3. The molecule has 0 aliphatic carbocycles. The van der Waals surface area contributed by atoms with Crippen molar-refractivity contribution < 1.29 is 18.1 Å². The van der Waals surface area contributed by atoms with Gasteiger partial charge in [-0.25, -0.2) is 13.3 Å². The number of methoxy groups -OCH3 is 1. The van der Waals surface area contributed by atoms with Gasteiger partial charge in [0.15, 0.2) is 0 Å². The molecular weight excluding hydrogens is 367 g/mol. The van der Waals surface area contributed by atoms with Crippen LogP contribution >= 0.6 is 0 Å². The molecule has 0 radical (unpaired) electrons. The summed E-state index contributed by atoms with van der Waals surface area (Å²) in [5.41, 5.74) is 2.23. The van der Waals surface area contributed by atoms with Crippen molar-refractivity contribution >= 4 is 11.0 Å². The summed E-state index contributed by atoms with van der Waals surface area (Å²) in [4.78, 5) is 0. The third kappa shape index (κ3) is 7.76. The van der Waals surface area contributed by atoms with Gasteiger partial charge >= 0.3 is 0 Å². The Kier molecular flexibility index (Phi) is 8.87. The van der Waals surface area contributed by atoms with Crippen LogP contribution in [0, 0.1) is 5.82 Å². The molecule has 148 valence electrons.